The van der Waals surface area contributed by atoms with Gasteiger partial charge in [0.2, 0.25) is 0 Å². The van der Waals surface area contributed by atoms with Crippen LogP contribution in [0.15, 0.2) is 59.1 Å². The minimum Gasteiger partial charge on any atom is -0.364 e. The van der Waals surface area contributed by atoms with Crippen LogP contribution in [0.3, 0.4) is 0 Å². The largest absolute Gasteiger partial charge is 0.364 e. The Morgan fingerprint density at radius 2 is 1.59 bits per heavy atom. The molecule has 1 unspecified atom stereocenters. The Labute approximate surface area is 109 Å². The highest BCUT2D eigenvalue weighted by atomic mass is 79.9. The number of anilines is 1. The van der Waals surface area contributed by atoms with Crippen molar-refractivity contribution >= 4 is 21.6 Å². The standard InChI is InChI=1S/C13H13BrN2O/c14-11-6-8-12(9-7-11)15-13(16-17)10-4-2-1-3-5-10/h1-9,13,15-17H. The number of halogens is 1. The van der Waals surface area contributed by atoms with E-state index in [0.717, 1.165) is 15.7 Å². The lowest BCUT2D eigenvalue weighted by Gasteiger charge is -2.18. The summed E-state index contributed by atoms with van der Waals surface area (Å²) >= 11 is 3.38. The minimum absolute atomic E-state index is 0.322. The zero-order valence-electron chi connectivity index (χ0n) is 9.10. The number of hydrogen-bond acceptors (Lipinski definition) is 3. The summed E-state index contributed by atoms with van der Waals surface area (Å²) in [6.45, 7) is 0. The van der Waals surface area contributed by atoms with Crippen LogP contribution in [-0.4, -0.2) is 5.21 Å². The maximum Gasteiger partial charge on any atom is 0.126 e. The first-order valence-corrected chi connectivity index (χ1v) is 6.05. The molecule has 17 heavy (non-hydrogen) atoms. The molecule has 0 aromatic heterocycles. The third kappa shape index (κ3) is 3.30. The smallest absolute Gasteiger partial charge is 0.126 e. The van der Waals surface area contributed by atoms with Gasteiger partial charge in [-0.15, -0.1) is 0 Å². The highest BCUT2D eigenvalue weighted by molar-refractivity contribution is 9.10. The van der Waals surface area contributed by atoms with Crippen molar-refractivity contribution in [1.29, 1.82) is 0 Å². The van der Waals surface area contributed by atoms with Crippen molar-refractivity contribution in [1.82, 2.24) is 5.48 Å². The molecule has 1 atom stereocenters. The van der Waals surface area contributed by atoms with Crippen LogP contribution < -0.4 is 10.8 Å². The van der Waals surface area contributed by atoms with Crippen LogP contribution in [0.2, 0.25) is 0 Å². The van der Waals surface area contributed by atoms with Gasteiger partial charge in [0, 0.05) is 10.2 Å². The topological polar surface area (TPSA) is 44.3 Å². The average molecular weight is 293 g/mol. The number of nitrogens with one attached hydrogen (secondary N) is 2. The van der Waals surface area contributed by atoms with E-state index >= 15 is 0 Å². The van der Waals surface area contributed by atoms with E-state index in [0.29, 0.717) is 0 Å². The summed E-state index contributed by atoms with van der Waals surface area (Å²) in [7, 11) is 0. The molecule has 3 N–H and O–H groups in total. The molecule has 88 valence electrons. The molecule has 0 radical (unpaired) electrons. The molecule has 0 fully saturated rings. The van der Waals surface area contributed by atoms with Gasteiger partial charge in [0.25, 0.3) is 0 Å². The van der Waals surface area contributed by atoms with Gasteiger partial charge in [-0.1, -0.05) is 46.3 Å². The molecule has 0 aliphatic heterocycles. The predicted octanol–water partition coefficient (Wildman–Crippen LogP) is 3.54. The maximum atomic E-state index is 9.17. The Bertz CT molecular complexity index is 459. The second kappa shape index (κ2) is 5.82. The van der Waals surface area contributed by atoms with Gasteiger partial charge in [-0.3, -0.25) is 0 Å². The molecule has 0 saturated heterocycles. The lowest BCUT2D eigenvalue weighted by atomic mass is 10.1. The normalized spacial score (nSPS) is 12.1. The van der Waals surface area contributed by atoms with E-state index in [1.807, 2.05) is 54.6 Å². The Hall–Kier alpha value is -1.36. The molecule has 0 bridgehead atoms. The highest BCUT2D eigenvalue weighted by Crippen LogP contribution is 2.19. The van der Waals surface area contributed by atoms with Gasteiger partial charge >= 0.3 is 0 Å². The van der Waals surface area contributed by atoms with Crippen molar-refractivity contribution < 1.29 is 5.21 Å². The first-order valence-electron chi connectivity index (χ1n) is 5.26. The van der Waals surface area contributed by atoms with Crippen LogP contribution in [0, 0.1) is 0 Å². The van der Waals surface area contributed by atoms with Gasteiger partial charge in [-0.2, -0.15) is 5.48 Å². The van der Waals surface area contributed by atoms with Gasteiger partial charge in [-0.25, -0.2) is 0 Å². The van der Waals surface area contributed by atoms with Crippen molar-refractivity contribution in [2.75, 3.05) is 5.32 Å². The van der Waals surface area contributed by atoms with Crippen molar-refractivity contribution in [2.24, 2.45) is 0 Å². The fourth-order valence-corrected chi connectivity index (χ4v) is 1.81. The number of rotatable bonds is 4. The van der Waals surface area contributed by atoms with E-state index < -0.39 is 0 Å². The third-order valence-electron chi connectivity index (χ3n) is 2.42. The second-order valence-corrected chi connectivity index (χ2v) is 4.54. The van der Waals surface area contributed by atoms with E-state index in [1.54, 1.807) is 0 Å². The Balaban J connectivity index is 2.13. The van der Waals surface area contributed by atoms with Gasteiger partial charge in [0.15, 0.2) is 0 Å². The molecule has 3 nitrogen and oxygen atoms in total. The van der Waals surface area contributed by atoms with E-state index in [-0.39, 0.29) is 6.17 Å². The van der Waals surface area contributed by atoms with Crippen LogP contribution in [0.25, 0.3) is 0 Å². The summed E-state index contributed by atoms with van der Waals surface area (Å²) in [5, 5.41) is 12.4. The van der Waals surface area contributed by atoms with Crippen molar-refractivity contribution in [3.63, 3.8) is 0 Å². The number of benzene rings is 2. The molecule has 0 amide bonds. The molecule has 2 aromatic rings. The van der Waals surface area contributed by atoms with Crippen LogP contribution >= 0.6 is 15.9 Å². The van der Waals surface area contributed by atoms with E-state index in [9.17, 15) is 5.21 Å². The zero-order valence-corrected chi connectivity index (χ0v) is 10.7. The number of hydrogen-bond donors (Lipinski definition) is 3. The molecule has 0 spiro atoms. The maximum absolute atomic E-state index is 9.17. The molecule has 2 rings (SSSR count). The fourth-order valence-electron chi connectivity index (χ4n) is 1.55. The van der Waals surface area contributed by atoms with Crippen molar-refractivity contribution in [2.45, 2.75) is 6.17 Å². The highest BCUT2D eigenvalue weighted by Gasteiger charge is 2.08. The van der Waals surface area contributed by atoms with Crippen LogP contribution in [0.5, 0.6) is 0 Å². The van der Waals surface area contributed by atoms with Crippen LogP contribution in [0.4, 0.5) is 5.69 Å². The molecule has 0 heterocycles. The first-order chi connectivity index (χ1) is 8.29. The summed E-state index contributed by atoms with van der Waals surface area (Å²) in [5.74, 6) is 0. The molecular weight excluding hydrogens is 280 g/mol. The van der Waals surface area contributed by atoms with Gasteiger partial charge in [-0.05, 0) is 29.8 Å². The third-order valence-corrected chi connectivity index (χ3v) is 2.95. The summed E-state index contributed by atoms with van der Waals surface area (Å²) in [5.41, 5.74) is 4.16. The zero-order chi connectivity index (χ0) is 12.1. The van der Waals surface area contributed by atoms with Crippen molar-refractivity contribution in [3.05, 3.63) is 64.6 Å². The SMILES string of the molecule is ONC(Nc1ccc(Br)cc1)c1ccccc1. The van der Waals surface area contributed by atoms with E-state index in [1.165, 1.54) is 0 Å². The van der Waals surface area contributed by atoms with Crippen LogP contribution in [0.1, 0.15) is 11.7 Å². The lowest BCUT2D eigenvalue weighted by molar-refractivity contribution is 0.137. The summed E-state index contributed by atoms with van der Waals surface area (Å²) in [6, 6.07) is 17.5. The molecular formula is C13H13BrN2O. The Kier molecular flexibility index (Phi) is 4.14. The molecule has 0 saturated carbocycles. The van der Waals surface area contributed by atoms with Gasteiger partial charge in [0.1, 0.15) is 6.17 Å². The quantitative estimate of drug-likeness (QED) is 0.597. The average Bonchev–Trinajstić information content (AvgIpc) is 2.39. The minimum atomic E-state index is -0.322. The Morgan fingerprint density at radius 3 is 2.18 bits per heavy atom. The van der Waals surface area contributed by atoms with Crippen LogP contribution in [-0.2, 0) is 0 Å². The first kappa shape index (κ1) is 12.1. The summed E-state index contributed by atoms with van der Waals surface area (Å²) < 4.78 is 1.02. The lowest BCUT2D eigenvalue weighted by Crippen LogP contribution is -2.24. The van der Waals surface area contributed by atoms with E-state index in [2.05, 4.69) is 26.7 Å². The Morgan fingerprint density at radius 1 is 0.941 bits per heavy atom. The van der Waals surface area contributed by atoms with Gasteiger partial charge in [0.05, 0.1) is 0 Å². The molecule has 4 heteroatoms. The summed E-state index contributed by atoms with van der Waals surface area (Å²) in [4.78, 5) is 0. The molecule has 0 aliphatic carbocycles. The van der Waals surface area contributed by atoms with Gasteiger partial charge < -0.3 is 10.5 Å². The predicted molar refractivity (Wildman–Crippen MR) is 71.9 cm³/mol. The molecule has 0 aliphatic rings. The van der Waals surface area contributed by atoms with Crippen molar-refractivity contribution in [3.8, 4) is 0 Å². The number of hydroxylamine groups is 1. The summed E-state index contributed by atoms with van der Waals surface area (Å²) in [6.07, 6.45) is -0.322. The van der Waals surface area contributed by atoms with E-state index in [4.69, 9.17) is 0 Å². The fraction of sp³-hybridized carbons (Fsp3) is 0.0769. The second-order valence-electron chi connectivity index (χ2n) is 3.62. The monoisotopic (exact) mass is 292 g/mol. The molecule has 2 aromatic carbocycles.